The molecule has 0 fully saturated rings. The van der Waals surface area contributed by atoms with E-state index < -0.39 is 0 Å². The minimum absolute atomic E-state index is 0.0566. The largest absolute Gasteiger partial charge is 0.384 e. The zero-order valence-electron chi connectivity index (χ0n) is 10.4. The van der Waals surface area contributed by atoms with E-state index in [1.54, 1.807) is 12.4 Å². The van der Waals surface area contributed by atoms with Gasteiger partial charge < -0.3 is 10.6 Å². The molecule has 0 radical (unpaired) electrons. The molecule has 0 aliphatic rings. The van der Waals surface area contributed by atoms with E-state index >= 15 is 0 Å². The molecule has 1 aromatic carbocycles. The van der Waals surface area contributed by atoms with Gasteiger partial charge >= 0.3 is 0 Å². The van der Waals surface area contributed by atoms with Crippen LogP contribution in [0.2, 0.25) is 0 Å². The Hall–Kier alpha value is -2.43. The van der Waals surface area contributed by atoms with Gasteiger partial charge in [0.15, 0.2) is 5.82 Å². The lowest BCUT2D eigenvalue weighted by atomic mass is 10.1. The summed E-state index contributed by atoms with van der Waals surface area (Å²) in [7, 11) is 1.91. The fourth-order valence-electron chi connectivity index (χ4n) is 1.73. The van der Waals surface area contributed by atoms with Gasteiger partial charge in [-0.15, -0.1) is 0 Å². The molecule has 3 N–H and O–H groups in total. The second-order valence-corrected chi connectivity index (χ2v) is 3.99. The summed E-state index contributed by atoms with van der Waals surface area (Å²) in [5.74, 6) is 0.847. The number of aryl methyl sites for hydroxylation is 1. The van der Waals surface area contributed by atoms with Crippen LogP contribution in [0.4, 0.5) is 11.5 Å². The highest BCUT2D eigenvalue weighted by Gasteiger charge is 2.09. The van der Waals surface area contributed by atoms with Gasteiger partial charge in [0.2, 0.25) is 0 Å². The van der Waals surface area contributed by atoms with Crippen LogP contribution in [0.25, 0.3) is 0 Å². The number of benzene rings is 1. The van der Waals surface area contributed by atoms with Crippen molar-refractivity contribution in [2.24, 2.45) is 5.73 Å². The molecule has 0 atom stereocenters. The van der Waals surface area contributed by atoms with Crippen LogP contribution in [0.3, 0.4) is 0 Å². The maximum absolute atomic E-state index is 7.45. The predicted octanol–water partition coefficient (Wildman–Crippen LogP) is 1.84. The fourth-order valence-corrected chi connectivity index (χ4v) is 1.73. The number of hydrogen-bond donors (Lipinski definition) is 2. The number of hydrogen-bond acceptors (Lipinski definition) is 4. The molecular weight excluding hydrogens is 226 g/mol. The molecule has 18 heavy (non-hydrogen) atoms. The van der Waals surface area contributed by atoms with Crippen molar-refractivity contribution in [2.45, 2.75) is 6.92 Å². The number of rotatable bonds is 3. The van der Waals surface area contributed by atoms with Gasteiger partial charge in [0.25, 0.3) is 0 Å². The normalized spacial score (nSPS) is 10.1. The molecule has 5 nitrogen and oxygen atoms in total. The molecule has 0 aliphatic carbocycles. The lowest BCUT2D eigenvalue weighted by molar-refractivity contribution is 1.04. The summed E-state index contributed by atoms with van der Waals surface area (Å²) in [4.78, 5) is 10.4. The molecule has 92 valence electrons. The first kappa shape index (κ1) is 12.0. The third-order valence-corrected chi connectivity index (χ3v) is 2.72. The lowest BCUT2D eigenvalue weighted by Gasteiger charge is -2.20. The number of nitrogen functional groups attached to an aromatic ring is 1. The second kappa shape index (κ2) is 4.83. The van der Waals surface area contributed by atoms with Crippen molar-refractivity contribution >= 4 is 17.3 Å². The van der Waals surface area contributed by atoms with E-state index in [9.17, 15) is 0 Å². The maximum Gasteiger partial charge on any atom is 0.154 e. The quantitative estimate of drug-likeness (QED) is 0.634. The first-order chi connectivity index (χ1) is 8.59. The van der Waals surface area contributed by atoms with Gasteiger partial charge in [-0.1, -0.05) is 12.1 Å². The zero-order chi connectivity index (χ0) is 13.1. The summed E-state index contributed by atoms with van der Waals surface area (Å²) >= 11 is 0. The molecule has 5 heteroatoms. The third-order valence-electron chi connectivity index (χ3n) is 2.72. The van der Waals surface area contributed by atoms with Crippen molar-refractivity contribution in [1.82, 2.24) is 9.97 Å². The van der Waals surface area contributed by atoms with Crippen LogP contribution in [0.5, 0.6) is 0 Å². The maximum atomic E-state index is 7.45. The van der Waals surface area contributed by atoms with Crippen LogP contribution >= 0.6 is 0 Å². The van der Waals surface area contributed by atoms with Crippen molar-refractivity contribution in [3.63, 3.8) is 0 Å². The van der Waals surface area contributed by atoms with Crippen LogP contribution in [-0.4, -0.2) is 22.9 Å². The Labute approximate surface area is 106 Å². The smallest absolute Gasteiger partial charge is 0.154 e. The number of anilines is 2. The lowest BCUT2D eigenvalue weighted by Crippen LogP contribution is -2.15. The van der Waals surface area contributed by atoms with Crippen LogP contribution in [0, 0.1) is 12.3 Å². The minimum atomic E-state index is 0.0566. The van der Waals surface area contributed by atoms with Gasteiger partial charge in [0, 0.05) is 30.7 Å². The Morgan fingerprint density at radius 1 is 1.28 bits per heavy atom. The first-order valence-corrected chi connectivity index (χ1v) is 5.55. The van der Waals surface area contributed by atoms with Crippen LogP contribution < -0.4 is 10.6 Å². The highest BCUT2D eigenvalue weighted by atomic mass is 15.2. The second-order valence-electron chi connectivity index (χ2n) is 3.99. The molecule has 0 saturated heterocycles. The monoisotopic (exact) mass is 241 g/mol. The van der Waals surface area contributed by atoms with Crippen molar-refractivity contribution in [1.29, 1.82) is 5.41 Å². The summed E-state index contributed by atoms with van der Waals surface area (Å²) < 4.78 is 0. The van der Waals surface area contributed by atoms with Crippen molar-refractivity contribution in [2.75, 3.05) is 11.9 Å². The highest BCUT2D eigenvalue weighted by Crippen LogP contribution is 2.23. The number of aromatic nitrogens is 2. The molecular formula is C13H15N5. The zero-order valence-corrected chi connectivity index (χ0v) is 10.4. The molecule has 1 aromatic heterocycles. The van der Waals surface area contributed by atoms with E-state index in [0.717, 1.165) is 17.2 Å². The average molecular weight is 241 g/mol. The number of nitrogens with zero attached hydrogens (tertiary/aromatic N) is 3. The summed E-state index contributed by atoms with van der Waals surface area (Å²) in [5, 5.41) is 7.45. The SMILES string of the molecule is Cc1nccnc1N(C)c1cccc(C(=N)N)c1. The molecule has 0 unspecified atom stereocenters. The summed E-state index contributed by atoms with van der Waals surface area (Å²) in [6.07, 6.45) is 3.33. The van der Waals surface area contributed by atoms with Crippen molar-refractivity contribution in [3.8, 4) is 0 Å². The van der Waals surface area contributed by atoms with Gasteiger partial charge in [-0.3, -0.25) is 10.4 Å². The Morgan fingerprint density at radius 2 is 2.00 bits per heavy atom. The number of amidine groups is 1. The summed E-state index contributed by atoms with van der Waals surface area (Å²) in [6, 6.07) is 7.48. The van der Waals surface area contributed by atoms with Crippen molar-refractivity contribution in [3.05, 3.63) is 47.9 Å². The molecule has 0 saturated carbocycles. The molecule has 1 heterocycles. The Bertz CT molecular complexity index is 579. The predicted molar refractivity (Wildman–Crippen MR) is 72.3 cm³/mol. The van der Waals surface area contributed by atoms with Gasteiger partial charge in [-0.25, -0.2) is 4.98 Å². The summed E-state index contributed by atoms with van der Waals surface area (Å²) in [5.41, 5.74) is 7.96. The Morgan fingerprint density at radius 3 is 2.67 bits per heavy atom. The van der Waals surface area contributed by atoms with Gasteiger partial charge in [-0.05, 0) is 19.1 Å². The van der Waals surface area contributed by atoms with Crippen molar-refractivity contribution < 1.29 is 0 Å². The first-order valence-electron chi connectivity index (χ1n) is 5.55. The summed E-state index contributed by atoms with van der Waals surface area (Å²) in [6.45, 7) is 1.91. The third kappa shape index (κ3) is 2.29. The molecule has 2 aromatic rings. The van der Waals surface area contributed by atoms with E-state index in [2.05, 4.69) is 9.97 Å². The van der Waals surface area contributed by atoms with E-state index in [1.165, 1.54) is 0 Å². The van der Waals surface area contributed by atoms with Gasteiger partial charge in [0.1, 0.15) is 5.84 Å². The van der Waals surface area contributed by atoms with Gasteiger partial charge in [-0.2, -0.15) is 0 Å². The van der Waals surface area contributed by atoms with E-state index in [4.69, 9.17) is 11.1 Å². The molecule has 2 rings (SSSR count). The average Bonchev–Trinajstić information content (AvgIpc) is 2.38. The number of nitrogens with one attached hydrogen (secondary N) is 1. The Balaban J connectivity index is 2.40. The van der Waals surface area contributed by atoms with E-state index in [0.29, 0.717) is 5.56 Å². The molecule has 0 bridgehead atoms. The van der Waals surface area contributed by atoms with Crippen LogP contribution in [-0.2, 0) is 0 Å². The molecule has 0 amide bonds. The minimum Gasteiger partial charge on any atom is -0.384 e. The van der Waals surface area contributed by atoms with E-state index in [1.807, 2.05) is 43.1 Å². The fraction of sp³-hybridized carbons (Fsp3) is 0.154. The van der Waals surface area contributed by atoms with Crippen LogP contribution in [0.15, 0.2) is 36.7 Å². The standard InChI is InChI=1S/C13H15N5/c1-9-13(17-7-6-16-9)18(2)11-5-3-4-10(8-11)12(14)15/h3-8H,1-2H3,(H3,14,15). The topological polar surface area (TPSA) is 78.9 Å². The number of nitrogens with two attached hydrogens (primary N) is 1. The van der Waals surface area contributed by atoms with Crippen LogP contribution in [0.1, 0.15) is 11.3 Å². The van der Waals surface area contributed by atoms with E-state index in [-0.39, 0.29) is 5.84 Å². The van der Waals surface area contributed by atoms with Gasteiger partial charge in [0.05, 0.1) is 5.69 Å². The molecule has 0 aliphatic heterocycles. The highest BCUT2D eigenvalue weighted by molar-refractivity contribution is 5.96. The Kier molecular flexibility index (Phi) is 3.23. The molecule has 0 spiro atoms.